The summed E-state index contributed by atoms with van der Waals surface area (Å²) >= 11 is 1.91. The minimum atomic E-state index is 0.541. The molecule has 1 nitrogen and oxygen atoms in total. The minimum absolute atomic E-state index is 0.541. The summed E-state index contributed by atoms with van der Waals surface area (Å²) < 4.78 is 0. The van der Waals surface area contributed by atoms with Gasteiger partial charge in [-0.15, -0.1) is 11.3 Å². The molecule has 2 unspecified atom stereocenters. The van der Waals surface area contributed by atoms with E-state index in [1.807, 2.05) is 11.3 Å². The smallest absolute Gasteiger partial charge is 0.00894 e. The van der Waals surface area contributed by atoms with Crippen LogP contribution in [-0.2, 0) is 12.8 Å². The topological polar surface area (TPSA) is 12.0 Å². The van der Waals surface area contributed by atoms with Crippen LogP contribution >= 0.6 is 11.3 Å². The zero-order valence-corrected chi connectivity index (χ0v) is 13.5. The van der Waals surface area contributed by atoms with Gasteiger partial charge in [0.1, 0.15) is 0 Å². The number of thiophene rings is 1. The van der Waals surface area contributed by atoms with E-state index in [0.29, 0.717) is 12.1 Å². The highest BCUT2D eigenvalue weighted by molar-refractivity contribution is 7.11. The highest BCUT2D eigenvalue weighted by Gasteiger charge is 2.09. The first-order chi connectivity index (χ1) is 9.63. The molecule has 2 heteroatoms. The maximum atomic E-state index is 3.71. The number of nitrogens with one attached hydrogen (secondary N) is 1. The Morgan fingerprint density at radius 1 is 1.00 bits per heavy atom. The predicted molar refractivity (Wildman–Crippen MR) is 89.6 cm³/mol. The molecule has 0 bridgehead atoms. The third-order valence-electron chi connectivity index (χ3n) is 3.58. The molecule has 2 atom stereocenters. The predicted octanol–water partition coefficient (Wildman–Crippen LogP) is 4.60. The number of aryl methyl sites for hydroxylation is 2. The van der Waals surface area contributed by atoms with Crippen LogP contribution in [0.15, 0.2) is 42.5 Å². The molecule has 0 aliphatic heterocycles. The second-order valence-electron chi connectivity index (χ2n) is 5.71. The third kappa shape index (κ3) is 5.10. The van der Waals surface area contributed by atoms with Crippen molar-refractivity contribution in [3.05, 3.63) is 57.8 Å². The number of rotatable bonds is 7. The van der Waals surface area contributed by atoms with E-state index >= 15 is 0 Å². The van der Waals surface area contributed by atoms with Crippen molar-refractivity contribution in [3.63, 3.8) is 0 Å². The zero-order valence-electron chi connectivity index (χ0n) is 12.7. The zero-order chi connectivity index (χ0) is 14.4. The first-order valence-electron chi connectivity index (χ1n) is 7.49. The van der Waals surface area contributed by atoms with Gasteiger partial charge >= 0.3 is 0 Å². The molecule has 0 spiro atoms. The summed E-state index contributed by atoms with van der Waals surface area (Å²) in [5.41, 5.74) is 1.43. The SMILES string of the molecule is Cc1ccc(CC(C)NC(C)CCc2ccccc2)s1. The van der Waals surface area contributed by atoms with Gasteiger partial charge in [0.05, 0.1) is 0 Å². The highest BCUT2D eigenvalue weighted by atomic mass is 32.1. The molecule has 1 aromatic carbocycles. The van der Waals surface area contributed by atoms with Crippen molar-refractivity contribution in [3.8, 4) is 0 Å². The first-order valence-corrected chi connectivity index (χ1v) is 8.30. The fraction of sp³-hybridized carbons (Fsp3) is 0.444. The van der Waals surface area contributed by atoms with Crippen LogP contribution < -0.4 is 5.32 Å². The van der Waals surface area contributed by atoms with Gasteiger partial charge < -0.3 is 5.32 Å². The molecule has 1 N–H and O–H groups in total. The molecule has 0 aliphatic rings. The van der Waals surface area contributed by atoms with Crippen molar-refractivity contribution < 1.29 is 0 Å². The Morgan fingerprint density at radius 3 is 2.40 bits per heavy atom. The quantitative estimate of drug-likeness (QED) is 0.785. The largest absolute Gasteiger partial charge is 0.311 e. The fourth-order valence-electron chi connectivity index (χ4n) is 2.55. The molecule has 108 valence electrons. The van der Waals surface area contributed by atoms with E-state index in [0.717, 1.165) is 12.8 Å². The van der Waals surface area contributed by atoms with E-state index < -0.39 is 0 Å². The van der Waals surface area contributed by atoms with E-state index in [1.165, 1.54) is 21.7 Å². The van der Waals surface area contributed by atoms with Crippen molar-refractivity contribution in [1.29, 1.82) is 0 Å². The average molecular weight is 287 g/mol. The normalized spacial score (nSPS) is 14.2. The highest BCUT2D eigenvalue weighted by Crippen LogP contribution is 2.17. The van der Waals surface area contributed by atoms with E-state index in [9.17, 15) is 0 Å². The number of benzene rings is 1. The molecular weight excluding hydrogens is 262 g/mol. The fourth-order valence-corrected chi connectivity index (χ4v) is 3.57. The van der Waals surface area contributed by atoms with Gasteiger partial charge in [0.2, 0.25) is 0 Å². The maximum absolute atomic E-state index is 3.71. The van der Waals surface area contributed by atoms with Gasteiger partial charge in [-0.1, -0.05) is 30.3 Å². The summed E-state index contributed by atoms with van der Waals surface area (Å²) in [7, 11) is 0. The Morgan fingerprint density at radius 2 is 1.75 bits per heavy atom. The van der Waals surface area contributed by atoms with Crippen LogP contribution in [0.25, 0.3) is 0 Å². The standard InChI is InChI=1S/C18H25NS/c1-14(9-11-17-7-5-4-6-8-17)19-15(2)13-18-12-10-16(3)20-18/h4-8,10,12,14-15,19H,9,11,13H2,1-3H3. The van der Waals surface area contributed by atoms with Gasteiger partial charge in [-0.3, -0.25) is 0 Å². The Balaban J connectivity index is 1.72. The van der Waals surface area contributed by atoms with Gasteiger partial charge in [0.15, 0.2) is 0 Å². The van der Waals surface area contributed by atoms with Crippen LogP contribution in [-0.4, -0.2) is 12.1 Å². The summed E-state index contributed by atoms with van der Waals surface area (Å²) in [5.74, 6) is 0. The van der Waals surface area contributed by atoms with Gasteiger partial charge in [-0.25, -0.2) is 0 Å². The summed E-state index contributed by atoms with van der Waals surface area (Å²) in [6.07, 6.45) is 3.48. The average Bonchev–Trinajstić information content (AvgIpc) is 2.83. The lowest BCUT2D eigenvalue weighted by Gasteiger charge is -2.19. The minimum Gasteiger partial charge on any atom is -0.311 e. The van der Waals surface area contributed by atoms with Crippen molar-refractivity contribution >= 4 is 11.3 Å². The van der Waals surface area contributed by atoms with E-state index in [-0.39, 0.29) is 0 Å². The second kappa shape index (κ2) is 7.61. The van der Waals surface area contributed by atoms with Crippen molar-refractivity contribution in [1.82, 2.24) is 5.32 Å². The van der Waals surface area contributed by atoms with Crippen LogP contribution in [0.5, 0.6) is 0 Å². The third-order valence-corrected chi connectivity index (χ3v) is 4.60. The molecule has 0 amide bonds. The number of hydrogen-bond acceptors (Lipinski definition) is 2. The lowest BCUT2D eigenvalue weighted by atomic mass is 10.1. The molecule has 0 aliphatic carbocycles. The molecule has 1 heterocycles. The Kier molecular flexibility index (Phi) is 5.81. The molecular formula is C18H25NS. The van der Waals surface area contributed by atoms with E-state index in [2.05, 4.69) is 68.6 Å². The molecule has 0 radical (unpaired) electrons. The Labute approximate surface area is 127 Å². The van der Waals surface area contributed by atoms with E-state index in [4.69, 9.17) is 0 Å². The maximum Gasteiger partial charge on any atom is 0.00894 e. The summed E-state index contributed by atoms with van der Waals surface area (Å²) in [4.78, 5) is 2.89. The van der Waals surface area contributed by atoms with Crippen LogP contribution in [0.2, 0.25) is 0 Å². The summed E-state index contributed by atoms with van der Waals surface area (Å²) in [6, 6.07) is 16.3. The molecule has 1 aromatic heterocycles. The monoisotopic (exact) mass is 287 g/mol. The molecule has 2 rings (SSSR count). The summed E-state index contributed by atoms with van der Waals surface area (Å²) in [5, 5.41) is 3.71. The Hall–Kier alpha value is -1.12. The van der Waals surface area contributed by atoms with Gasteiger partial charge in [-0.2, -0.15) is 0 Å². The Bertz CT molecular complexity index is 503. The molecule has 2 aromatic rings. The lowest BCUT2D eigenvalue weighted by Crippen LogP contribution is -2.36. The van der Waals surface area contributed by atoms with E-state index in [1.54, 1.807) is 0 Å². The van der Waals surface area contributed by atoms with Gasteiger partial charge in [0, 0.05) is 21.8 Å². The van der Waals surface area contributed by atoms with Crippen molar-refractivity contribution in [2.45, 2.75) is 52.1 Å². The molecule has 0 saturated heterocycles. The van der Waals surface area contributed by atoms with Crippen LogP contribution in [0.3, 0.4) is 0 Å². The second-order valence-corrected chi connectivity index (χ2v) is 7.08. The number of hydrogen-bond donors (Lipinski definition) is 1. The van der Waals surface area contributed by atoms with Gasteiger partial charge in [-0.05, 0) is 57.7 Å². The summed E-state index contributed by atoms with van der Waals surface area (Å²) in [6.45, 7) is 6.75. The first kappa shape index (κ1) is 15.3. The van der Waals surface area contributed by atoms with Crippen LogP contribution in [0.4, 0.5) is 0 Å². The van der Waals surface area contributed by atoms with Crippen LogP contribution in [0.1, 0.15) is 35.6 Å². The lowest BCUT2D eigenvalue weighted by molar-refractivity contribution is 0.445. The van der Waals surface area contributed by atoms with Crippen molar-refractivity contribution in [2.24, 2.45) is 0 Å². The van der Waals surface area contributed by atoms with Crippen molar-refractivity contribution in [2.75, 3.05) is 0 Å². The van der Waals surface area contributed by atoms with Gasteiger partial charge in [0.25, 0.3) is 0 Å². The molecule has 20 heavy (non-hydrogen) atoms. The molecule has 0 fully saturated rings. The molecule has 0 saturated carbocycles. The van der Waals surface area contributed by atoms with Crippen LogP contribution in [0, 0.1) is 6.92 Å².